The third-order valence-electron chi connectivity index (χ3n) is 4.05. The fourth-order valence-corrected chi connectivity index (χ4v) is 3.36. The van der Waals surface area contributed by atoms with Crippen LogP contribution in [0.15, 0.2) is 66.0 Å². The molecule has 0 fully saturated rings. The van der Waals surface area contributed by atoms with E-state index in [1.54, 1.807) is 30.3 Å². The standard InChI is InChI=1S/C20H14N4O3S/c25-20(13-5-2-1-3-6-13)23-18(12-15-7-4-10-28-15)19-21-16-9-8-14(24(26)27)11-17(16)22-19/h1-12H,(H,21,22)(H,23,25)/b18-12+. The first-order valence-corrected chi connectivity index (χ1v) is 9.24. The van der Waals surface area contributed by atoms with Gasteiger partial charge in [0.15, 0.2) is 5.82 Å². The zero-order chi connectivity index (χ0) is 19.5. The number of thiophene rings is 1. The Hall–Kier alpha value is -3.78. The molecule has 0 unspecified atom stereocenters. The number of aromatic amines is 1. The molecular weight excluding hydrogens is 376 g/mol. The minimum absolute atomic E-state index is 0.0280. The number of imidazole rings is 1. The van der Waals surface area contributed by atoms with E-state index in [1.807, 2.05) is 29.7 Å². The number of nitro groups is 1. The number of H-pyrrole nitrogens is 1. The molecule has 4 aromatic rings. The van der Waals surface area contributed by atoms with E-state index in [9.17, 15) is 14.9 Å². The van der Waals surface area contributed by atoms with Crippen molar-refractivity contribution in [2.75, 3.05) is 0 Å². The normalized spacial score (nSPS) is 11.5. The summed E-state index contributed by atoms with van der Waals surface area (Å²) in [5.74, 6) is 0.156. The number of hydrogen-bond donors (Lipinski definition) is 2. The number of nitrogens with one attached hydrogen (secondary N) is 2. The number of carbonyl (C=O) groups excluding carboxylic acids is 1. The van der Waals surface area contributed by atoms with Crippen LogP contribution in [0, 0.1) is 10.1 Å². The summed E-state index contributed by atoms with van der Waals surface area (Å²) in [6.45, 7) is 0. The maximum Gasteiger partial charge on any atom is 0.271 e. The summed E-state index contributed by atoms with van der Waals surface area (Å²) in [6.07, 6.45) is 1.82. The van der Waals surface area contributed by atoms with Gasteiger partial charge >= 0.3 is 0 Å². The number of rotatable bonds is 5. The van der Waals surface area contributed by atoms with Crippen molar-refractivity contribution in [2.24, 2.45) is 0 Å². The number of benzene rings is 2. The molecular formula is C20H14N4O3S. The minimum atomic E-state index is -0.459. The van der Waals surface area contributed by atoms with Crippen LogP contribution in [0.25, 0.3) is 22.8 Å². The van der Waals surface area contributed by atoms with Crippen LogP contribution in [0.2, 0.25) is 0 Å². The van der Waals surface area contributed by atoms with Gasteiger partial charge in [-0.25, -0.2) is 4.98 Å². The number of nitro benzene ring substituents is 1. The molecule has 138 valence electrons. The molecule has 0 bridgehead atoms. The molecule has 2 N–H and O–H groups in total. The summed E-state index contributed by atoms with van der Waals surface area (Å²) < 4.78 is 0. The highest BCUT2D eigenvalue weighted by Gasteiger charge is 2.15. The second kappa shape index (κ2) is 7.45. The molecule has 7 nitrogen and oxygen atoms in total. The van der Waals surface area contributed by atoms with Crippen LogP contribution < -0.4 is 5.32 Å². The van der Waals surface area contributed by atoms with E-state index >= 15 is 0 Å². The molecule has 2 aromatic heterocycles. The van der Waals surface area contributed by atoms with Gasteiger partial charge in [0.25, 0.3) is 11.6 Å². The van der Waals surface area contributed by atoms with Gasteiger partial charge < -0.3 is 10.3 Å². The maximum absolute atomic E-state index is 12.6. The average Bonchev–Trinajstić information content (AvgIpc) is 3.36. The van der Waals surface area contributed by atoms with Gasteiger partial charge in [0, 0.05) is 22.6 Å². The molecule has 4 rings (SSSR count). The lowest BCUT2D eigenvalue weighted by Crippen LogP contribution is -2.22. The van der Waals surface area contributed by atoms with E-state index in [1.165, 1.54) is 23.5 Å². The smallest absolute Gasteiger partial charge is 0.271 e. The largest absolute Gasteiger partial charge is 0.337 e. The Morgan fingerprint density at radius 3 is 2.68 bits per heavy atom. The summed E-state index contributed by atoms with van der Waals surface area (Å²) in [7, 11) is 0. The molecule has 0 spiro atoms. The summed E-state index contributed by atoms with van der Waals surface area (Å²) in [6, 6.07) is 17.1. The molecule has 0 atom stereocenters. The van der Waals surface area contributed by atoms with E-state index in [0.29, 0.717) is 28.1 Å². The van der Waals surface area contributed by atoms with Crippen molar-refractivity contribution < 1.29 is 9.72 Å². The number of aromatic nitrogens is 2. The fourth-order valence-electron chi connectivity index (χ4n) is 2.70. The SMILES string of the molecule is O=C(N/C(=C/c1cccs1)c1nc2ccc([N+](=O)[O-])cc2[nH]1)c1ccccc1. The van der Waals surface area contributed by atoms with Gasteiger partial charge in [-0.2, -0.15) is 0 Å². The summed E-state index contributed by atoms with van der Waals surface area (Å²) in [5, 5.41) is 15.8. The van der Waals surface area contributed by atoms with E-state index < -0.39 is 4.92 Å². The van der Waals surface area contributed by atoms with E-state index in [4.69, 9.17) is 0 Å². The Morgan fingerprint density at radius 1 is 1.14 bits per heavy atom. The van der Waals surface area contributed by atoms with Crippen LogP contribution in [0.5, 0.6) is 0 Å². The van der Waals surface area contributed by atoms with Crippen molar-refractivity contribution in [3.05, 3.63) is 92.4 Å². The second-order valence-electron chi connectivity index (χ2n) is 5.94. The van der Waals surface area contributed by atoms with Gasteiger partial charge in [0.05, 0.1) is 21.7 Å². The molecule has 0 radical (unpaired) electrons. The molecule has 2 aromatic carbocycles. The number of nitrogens with zero attached hydrogens (tertiary/aromatic N) is 2. The monoisotopic (exact) mass is 390 g/mol. The summed E-state index contributed by atoms with van der Waals surface area (Å²) in [4.78, 5) is 31.7. The number of hydrogen-bond acceptors (Lipinski definition) is 5. The Bertz CT molecular complexity index is 1180. The molecule has 0 aliphatic rings. The molecule has 0 saturated heterocycles. The third-order valence-corrected chi connectivity index (χ3v) is 4.86. The molecule has 0 aliphatic carbocycles. The Balaban J connectivity index is 1.74. The van der Waals surface area contributed by atoms with Crippen LogP contribution in [0.1, 0.15) is 21.1 Å². The maximum atomic E-state index is 12.6. The number of carbonyl (C=O) groups is 1. The molecule has 0 aliphatic heterocycles. The van der Waals surface area contributed by atoms with Gasteiger partial charge in [-0.1, -0.05) is 24.3 Å². The quantitative estimate of drug-likeness (QED) is 0.388. The van der Waals surface area contributed by atoms with E-state index in [0.717, 1.165) is 4.88 Å². The molecule has 1 amide bonds. The van der Waals surface area contributed by atoms with Gasteiger partial charge in [-0.3, -0.25) is 14.9 Å². The highest BCUT2D eigenvalue weighted by molar-refractivity contribution is 7.10. The number of fused-ring (bicyclic) bond motifs is 1. The number of non-ortho nitro benzene ring substituents is 1. The van der Waals surface area contributed by atoms with Gasteiger partial charge in [0.2, 0.25) is 0 Å². The van der Waals surface area contributed by atoms with Crippen molar-refractivity contribution in [3.63, 3.8) is 0 Å². The lowest BCUT2D eigenvalue weighted by atomic mass is 10.2. The Morgan fingerprint density at radius 2 is 1.96 bits per heavy atom. The van der Waals surface area contributed by atoms with Crippen molar-refractivity contribution >= 4 is 45.7 Å². The van der Waals surface area contributed by atoms with Crippen molar-refractivity contribution in [1.29, 1.82) is 0 Å². The van der Waals surface area contributed by atoms with Gasteiger partial charge in [0.1, 0.15) is 0 Å². The first-order chi connectivity index (χ1) is 13.6. The summed E-state index contributed by atoms with van der Waals surface area (Å²) in [5.41, 5.74) is 2.07. The first kappa shape index (κ1) is 17.6. The highest BCUT2D eigenvalue weighted by Crippen LogP contribution is 2.23. The Labute approximate surface area is 163 Å². The first-order valence-electron chi connectivity index (χ1n) is 8.36. The predicted molar refractivity (Wildman–Crippen MR) is 109 cm³/mol. The van der Waals surface area contributed by atoms with E-state index in [2.05, 4.69) is 15.3 Å². The second-order valence-corrected chi connectivity index (χ2v) is 6.92. The van der Waals surface area contributed by atoms with Crippen molar-refractivity contribution in [3.8, 4) is 0 Å². The topological polar surface area (TPSA) is 101 Å². The lowest BCUT2D eigenvalue weighted by Gasteiger charge is -2.07. The van der Waals surface area contributed by atoms with Gasteiger partial charge in [-0.15, -0.1) is 11.3 Å². The lowest BCUT2D eigenvalue weighted by molar-refractivity contribution is -0.384. The van der Waals surface area contributed by atoms with Crippen LogP contribution in [-0.4, -0.2) is 20.8 Å². The van der Waals surface area contributed by atoms with Crippen molar-refractivity contribution in [2.45, 2.75) is 0 Å². The van der Waals surface area contributed by atoms with Gasteiger partial charge in [-0.05, 0) is 35.7 Å². The Kier molecular flexibility index (Phi) is 4.69. The van der Waals surface area contributed by atoms with Crippen LogP contribution >= 0.6 is 11.3 Å². The highest BCUT2D eigenvalue weighted by atomic mass is 32.1. The molecule has 8 heteroatoms. The fraction of sp³-hybridized carbons (Fsp3) is 0. The third kappa shape index (κ3) is 3.67. The molecule has 2 heterocycles. The van der Waals surface area contributed by atoms with Crippen LogP contribution in [0.4, 0.5) is 5.69 Å². The van der Waals surface area contributed by atoms with Crippen molar-refractivity contribution in [1.82, 2.24) is 15.3 Å². The minimum Gasteiger partial charge on any atom is -0.337 e. The van der Waals surface area contributed by atoms with Crippen LogP contribution in [-0.2, 0) is 0 Å². The average molecular weight is 390 g/mol. The zero-order valence-electron chi connectivity index (χ0n) is 14.5. The number of amides is 1. The van der Waals surface area contributed by atoms with E-state index in [-0.39, 0.29) is 11.6 Å². The zero-order valence-corrected chi connectivity index (χ0v) is 15.3. The predicted octanol–water partition coefficient (Wildman–Crippen LogP) is 4.46. The summed E-state index contributed by atoms with van der Waals surface area (Å²) >= 11 is 1.52. The molecule has 28 heavy (non-hydrogen) atoms. The molecule has 0 saturated carbocycles. The van der Waals surface area contributed by atoms with Crippen LogP contribution in [0.3, 0.4) is 0 Å².